The number of alkyl halides is 1. The van der Waals surface area contributed by atoms with Gasteiger partial charge in [-0.25, -0.2) is 4.98 Å². The molecule has 0 saturated carbocycles. The number of rotatable bonds is 1. The Hall–Kier alpha value is -1.20. The molecule has 0 aliphatic heterocycles. The molecule has 3 aromatic rings. The lowest BCUT2D eigenvalue weighted by atomic mass is 9.97. The van der Waals surface area contributed by atoms with E-state index in [-0.39, 0.29) is 0 Å². The van der Waals surface area contributed by atoms with Crippen LogP contribution < -0.4 is 0 Å². The number of aromatic nitrogens is 4. The molecule has 0 radical (unpaired) electrons. The van der Waals surface area contributed by atoms with E-state index in [1.807, 2.05) is 4.40 Å². The highest BCUT2D eigenvalue weighted by Crippen LogP contribution is 2.36. The van der Waals surface area contributed by atoms with Crippen molar-refractivity contribution in [3.8, 4) is 0 Å². The van der Waals surface area contributed by atoms with E-state index in [1.54, 1.807) is 17.7 Å². The van der Waals surface area contributed by atoms with Crippen molar-refractivity contribution in [2.75, 3.05) is 0 Å². The molecule has 1 aliphatic carbocycles. The van der Waals surface area contributed by atoms with E-state index in [1.165, 1.54) is 35.1 Å². The minimum absolute atomic E-state index is 0.362. The summed E-state index contributed by atoms with van der Waals surface area (Å²) in [5, 5.41) is 9.63. The van der Waals surface area contributed by atoms with Crippen LogP contribution in [0.4, 0.5) is 0 Å². The minimum atomic E-state index is 0.362. The molecule has 0 amide bonds. The van der Waals surface area contributed by atoms with Crippen LogP contribution in [-0.4, -0.2) is 19.6 Å². The highest BCUT2D eigenvalue weighted by Gasteiger charge is 2.20. The van der Waals surface area contributed by atoms with Crippen LogP contribution in [0, 0.1) is 0 Å². The first-order valence-electron chi connectivity index (χ1n) is 6.07. The number of nitrogens with zero attached hydrogens (tertiary/aromatic N) is 4. The van der Waals surface area contributed by atoms with Gasteiger partial charge in [0.25, 0.3) is 0 Å². The molecule has 0 atom stereocenters. The Labute approximate surface area is 113 Å². The smallest absolute Gasteiger partial charge is 0.172 e. The van der Waals surface area contributed by atoms with E-state index >= 15 is 0 Å². The summed E-state index contributed by atoms with van der Waals surface area (Å²) in [6.45, 7) is 0. The largest absolute Gasteiger partial charge is 0.268 e. The third kappa shape index (κ3) is 1.34. The van der Waals surface area contributed by atoms with Crippen LogP contribution in [0.3, 0.4) is 0 Å². The molecule has 0 saturated heterocycles. The van der Waals surface area contributed by atoms with Crippen LogP contribution >= 0.6 is 22.9 Å². The molecule has 0 bridgehead atoms. The minimum Gasteiger partial charge on any atom is -0.268 e. The van der Waals surface area contributed by atoms with Gasteiger partial charge in [0.05, 0.1) is 11.3 Å². The quantitative estimate of drug-likeness (QED) is 0.643. The Morgan fingerprint density at radius 1 is 1.28 bits per heavy atom. The summed E-state index contributed by atoms with van der Waals surface area (Å²) in [7, 11) is 0. The second-order valence-corrected chi connectivity index (χ2v) is 5.93. The molecule has 0 fully saturated rings. The van der Waals surface area contributed by atoms with Crippen LogP contribution in [0.2, 0.25) is 0 Å². The topological polar surface area (TPSA) is 43.1 Å². The number of thiophene rings is 1. The lowest BCUT2D eigenvalue weighted by Crippen LogP contribution is -1.99. The normalized spacial score (nSPS) is 15.4. The Morgan fingerprint density at radius 2 is 2.17 bits per heavy atom. The molecular weight excluding hydrogens is 268 g/mol. The van der Waals surface area contributed by atoms with Crippen molar-refractivity contribution >= 4 is 38.8 Å². The number of fused-ring (bicyclic) bond motifs is 5. The van der Waals surface area contributed by atoms with E-state index in [4.69, 9.17) is 11.6 Å². The van der Waals surface area contributed by atoms with Gasteiger partial charge in [-0.1, -0.05) is 0 Å². The molecule has 92 valence electrons. The Kier molecular flexibility index (Phi) is 2.32. The Balaban J connectivity index is 2.13. The maximum absolute atomic E-state index is 5.87. The van der Waals surface area contributed by atoms with Crippen molar-refractivity contribution in [3.63, 3.8) is 0 Å². The molecule has 0 spiro atoms. The maximum Gasteiger partial charge on any atom is 0.172 e. The summed E-state index contributed by atoms with van der Waals surface area (Å²) in [6, 6.07) is 0. The van der Waals surface area contributed by atoms with Crippen molar-refractivity contribution in [1.82, 2.24) is 19.6 Å². The summed E-state index contributed by atoms with van der Waals surface area (Å²) in [6.07, 6.45) is 6.65. The first-order chi connectivity index (χ1) is 8.88. The van der Waals surface area contributed by atoms with Crippen LogP contribution in [0.1, 0.15) is 29.1 Å². The van der Waals surface area contributed by atoms with Crippen molar-refractivity contribution in [2.45, 2.75) is 31.6 Å². The molecule has 0 N–H and O–H groups in total. The third-order valence-electron chi connectivity index (χ3n) is 3.55. The molecule has 1 aliphatic rings. The zero-order valence-electron chi connectivity index (χ0n) is 9.69. The van der Waals surface area contributed by atoms with Gasteiger partial charge in [0, 0.05) is 4.88 Å². The fourth-order valence-corrected chi connectivity index (χ4v) is 4.10. The number of halogens is 1. The highest BCUT2D eigenvalue weighted by molar-refractivity contribution is 7.19. The van der Waals surface area contributed by atoms with Crippen molar-refractivity contribution < 1.29 is 0 Å². The standard InChI is InChI=1S/C12H11ClN4S/c13-5-9-15-16-11-10-7-3-1-2-4-8(7)18-12(10)14-6-17(9)11/h6H,1-5H2. The summed E-state index contributed by atoms with van der Waals surface area (Å²) >= 11 is 7.67. The maximum atomic E-state index is 5.87. The van der Waals surface area contributed by atoms with Crippen LogP contribution in [0.5, 0.6) is 0 Å². The van der Waals surface area contributed by atoms with E-state index in [0.717, 1.165) is 22.7 Å². The summed E-state index contributed by atoms with van der Waals surface area (Å²) < 4.78 is 1.91. The number of hydrogen-bond acceptors (Lipinski definition) is 4. The fourth-order valence-electron chi connectivity index (χ4n) is 2.69. The third-order valence-corrected chi connectivity index (χ3v) is 4.99. The van der Waals surface area contributed by atoms with Gasteiger partial charge in [-0.05, 0) is 31.2 Å². The van der Waals surface area contributed by atoms with Crippen LogP contribution in [-0.2, 0) is 18.7 Å². The summed E-state index contributed by atoms with van der Waals surface area (Å²) in [5.74, 6) is 1.12. The molecular formula is C12H11ClN4S. The first-order valence-corrected chi connectivity index (χ1v) is 7.42. The van der Waals surface area contributed by atoms with Crippen molar-refractivity contribution in [2.24, 2.45) is 0 Å². The van der Waals surface area contributed by atoms with Gasteiger partial charge in [0.15, 0.2) is 11.5 Å². The van der Waals surface area contributed by atoms with Crippen molar-refractivity contribution in [3.05, 3.63) is 22.6 Å². The second-order valence-electron chi connectivity index (χ2n) is 4.58. The highest BCUT2D eigenvalue weighted by atomic mass is 35.5. The lowest BCUT2D eigenvalue weighted by molar-refractivity contribution is 0.700. The van der Waals surface area contributed by atoms with Gasteiger partial charge in [0.2, 0.25) is 0 Å². The second kappa shape index (κ2) is 3.90. The SMILES string of the molecule is ClCc1nnc2c3c4c(sc3ncn12)CCCC4. The average molecular weight is 279 g/mol. The first kappa shape index (κ1) is 10.7. The molecule has 3 aromatic heterocycles. The number of aryl methyl sites for hydroxylation is 2. The molecule has 18 heavy (non-hydrogen) atoms. The van der Waals surface area contributed by atoms with E-state index in [0.29, 0.717) is 5.88 Å². The molecule has 6 heteroatoms. The zero-order chi connectivity index (χ0) is 12.1. The van der Waals surface area contributed by atoms with Gasteiger partial charge in [-0.3, -0.25) is 4.40 Å². The van der Waals surface area contributed by atoms with Gasteiger partial charge < -0.3 is 0 Å². The molecule has 4 nitrogen and oxygen atoms in total. The predicted octanol–water partition coefficient (Wildman–Crippen LogP) is 2.96. The Morgan fingerprint density at radius 3 is 3.06 bits per heavy atom. The average Bonchev–Trinajstić information content (AvgIpc) is 2.98. The number of hydrogen-bond donors (Lipinski definition) is 0. The van der Waals surface area contributed by atoms with Gasteiger partial charge in [0.1, 0.15) is 11.2 Å². The molecule has 4 rings (SSSR count). The van der Waals surface area contributed by atoms with Gasteiger partial charge >= 0.3 is 0 Å². The van der Waals surface area contributed by atoms with Gasteiger partial charge in [-0.2, -0.15) is 0 Å². The molecule has 3 heterocycles. The van der Waals surface area contributed by atoms with Crippen LogP contribution in [0.15, 0.2) is 6.33 Å². The zero-order valence-corrected chi connectivity index (χ0v) is 11.3. The lowest BCUT2D eigenvalue weighted by Gasteiger charge is -2.10. The summed E-state index contributed by atoms with van der Waals surface area (Å²) in [5.41, 5.74) is 2.35. The molecule has 0 aromatic carbocycles. The van der Waals surface area contributed by atoms with E-state index < -0.39 is 0 Å². The van der Waals surface area contributed by atoms with Crippen LogP contribution in [0.25, 0.3) is 15.9 Å². The summed E-state index contributed by atoms with van der Waals surface area (Å²) in [4.78, 5) is 7.10. The van der Waals surface area contributed by atoms with Crippen molar-refractivity contribution in [1.29, 1.82) is 0 Å². The van der Waals surface area contributed by atoms with E-state index in [2.05, 4.69) is 15.2 Å². The van der Waals surface area contributed by atoms with E-state index in [9.17, 15) is 0 Å². The predicted molar refractivity (Wildman–Crippen MR) is 72.4 cm³/mol. The van der Waals surface area contributed by atoms with Gasteiger partial charge in [-0.15, -0.1) is 33.1 Å². The molecule has 0 unspecified atom stereocenters. The monoisotopic (exact) mass is 278 g/mol. The Bertz CT molecular complexity index is 745. The fraction of sp³-hybridized carbons (Fsp3) is 0.417.